The maximum absolute atomic E-state index is 11.6. The summed E-state index contributed by atoms with van der Waals surface area (Å²) in [6.07, 6.45) is 3.46. The fourth-order valence-electron chi connectivity index (χ4n) is 3.02. The van der Waals surface area contributed by atoms with E-state index in [1.54, 1.807) is 17.2 Å². The molecule has 0 radical (unpaired) electrons. The molecule has 2 fully saturated rings. The second-order valence-electron chi connectivity index (χ2n) is 5.84. The van der Waals surface area contributed by atoms with E-state index in [9.17, 15) is 4.79 Å². The van der Waals surface area contributed by atoms with Crippen LogP contribution in [0.5, 0.6) is 5.88 Å². The molecule has 0 aromatic carbocycles. The lowest BCUT2D eigenvalue weighted by Gasteiger charge is -2.46. The summed E-state index contributed by atoms with van der Waals surface area (Å²) in [4.78, 5) is 24.2. The molecule has 0 unspecified atom stereocenters. The Bertz CT molecular complexity index is 543. The predicted molar refractivity (Wildman–Crippen MR) is 81.0 cm³/mol. The van der Waals surface area contributed by atoms with Crippen LogP contribution in [0.3, 0.4) is 0 Å². The highest BCUT2D eigenvalue weighted by atomic mass is 16.5. The van der Waals surface area contributed by atoms with Crippen molar-refractivity contribution in [2.24, 2.45) is 0 Å². The van der Waals surface area contributed by atoms with Gasteiger partial charge in [0.25, 0.3) is 0 Å². The van der Waals surface area contributed by atoms with Crippen molar-refractivity contribution in [1.82, 2.24) is 14.9 Å². The number of morpholine rings is 1. The zero-order chi connectivity index (χ0) is 15.6. The van der Waals surface area contributed by atoms with Crippen molar-refractivity contribution in [3.63, 3.8) is 0 Å². The number of carbonyl (C=O) groups excluding carboxylic acids is 1. The molecule has 0 saturated carbocycles. The SMILES string of the molecule is CCOc1ccnc(N2CCC3(CC2)CN(C)C(=O)CO3)n1. The van der Waals surface area contributed by atoms with E-state index in [1.807, 2.05) is 14.0 Å². The molecule has 1 aromatic heterocycles. The van der Waals surface area contributed by atoms with Crippen molar-refractivity contribution in [3.8, 4) is 5.88 Å². The number of rotatable bonds is 3. The van der Waals surface area contributed by atoms with Crippen LogP contribution in [0, 0.1) is 0 Å². The van der Waals surface area contributed by atoms with Crippen LogP contribution in [-0.4, -0.2) is 66.3 Å². The summed E-state index contributed by atoms with van der Waals surface area (Å²) in [5, 5.41) is 0. The molecule has 7 heteroatoms. The quantitative estimate of drug-likeness (QED) is 0.819. The van der Waals surface area contributed by atoms with Crippen LogP contribution in [0.1, 0.15) is 19.8 Å². The second kappa shape index (κ2) is 6.08. The van der Waals surface area contributed by atoms with E-state index in [4.69, 9.17) is 9.47 Å². The van der Waals surface area contributed by atoms with Gasteiger partial charge >= 0.3 is 0 Å². The van der Waals surface area contributed by atoms with Gasteiger partial charge in [0.1, 0.15) is 6.61 Å². The lowest BCUT2D eigenvalue weighted by atomic mass is 9.89. The van der Waals surface area contributed by atoms with Gasteiger partial charge in [-0.1, -0.05) is 0 Å². The van der Waals surface area contributed by atoms with Crippen molar-refractivity contribution in [2.45, 2.75) is 25.4 Å². The Morgan fingerprint density at radius 3 is 2.86 bits per heavy atom. The Kier molecular flexibility index (Phi) is 4.15. The third-order valence-electron chi connectivity index (χ3n) is 4.32. The summed E-state index contributed by atoms with van der Waals surface area (Å²) in [5.74, 6) is 1.36. The van der Waals surface area contributed by atoms with E-state index >= 15 is 0 Å². The molecule has 2 saturated heterocycles. The van der Waals surface area contributed by atoms with Crippen molar-refractivity contribution in [2.75, 3.05) is 44.8 Å². The number of hydrogen-bond acceptors (Lipinski definition) is 6. The highest BCUT2D eigenvalue weighted by Gasteiger charge is 2.41. The molecule has 1 spiro atoms. The highest BCUT2D eigenvalue weighted by Crippen LogP contribution is 2.31. The van der Waals surface area contributed by atoms with Gasteiger partial charge in [0.2, 0.25) is 17.7 Å². The number of ether oxygens (including phenoxy) is 2. The summed E-state index contributed by atoms with van der Waals surface area (Å²) in [5.41, 5.74) is -0.212. The number of piperidine rings is 1. The van der Waals surface area contributed by atoms with E-state index < -0.39 is 0 Å². The van der Waals surface area contributed by atoms with Gasteiger partial charge in [-0.2, -0.15) is 4.98 Å². The van der Waals surface area contributed by atoms with E-state index in [0.717, 1.165) is 25.9 Å². The summed E-state index contributed by atoms with van der Waals surface area (Å²) >= 11 is 0. The first kappa shape index (κ1) is 15.0. The van der Waals surface area contributed by atoms with E-state index in [0.29, 0.717) is 25.0 Å². The first-order valence-electron chi connectivity index (χ1n) is 7.71. The fraction of sp³-hybridized carbons (Fsp3) is 0.667. The average molecular weight is 306 g/mol. The smallest absolute Gasteiger partial charge is 0.248 e. The molecular weight excluding hydrogens is 284 g/mol. The van der Waals surface area contributed by atoms with Crippen LogP contribution in [0.25, 0.3) is 0 Å². The van der Waals surface area contributed by atoms with Crippen molar-refractivity contribution in [1.29, 1.82) is 0 Å². The highest BCUT2D eigenvalue weighted by molar-refractivity contribution is 5.78. The first-order valence-corrected chi connectivity index (χ1v) is 7.71. The lowest BCUT2D eigenvalue weighted by molar-refractivity contribution is -0.164. The van der Waals surface area contributed by atoms with Crippen LogP contribution in [0.15, 0.2) is 12.3 Å². The van der Waals surface area contributed by atoms with Crippen LogP contribution >= 0.6 is 0 Å². The number of amides is 1. The molecule has 22 heavy (non-hydrogen) atoms. The molecule has 3 heterocycles. The maximum atomic E-state index is 11.6. The van der Waals surface area contributed by atoms with Crippen molar-refractivity contribution in [3.05, 3.63) is 12.3 Å². The van der Waals surface area contributed by atoms with Crippen molar-refractivity contribution < 1.29 is 14.3 Å². The summed E-state index contributed by atoms with van der Waals surface area (Å²) in [6, 6.07) is 1.77. The van der Waals surface area contributed by atoms with Gasteiger partial charge < -0.3 is 19.3 Å². The number of aromatic nitrogens is 2. The van der Waals surface area contributed by atoms with Crippen molar-refractivity contribution >= 4 is 11.9 Å². The number of likely N-dealkylation sites (N-methyl/N-ethyl adjacent to an activating group) is 1. The van der Waals surface area contributed by atoms with E-state index in [1.165, 1.54) is 0 Å². The monoisotopic (exact) mass is 306 g/mol. The molecule has 2 aliphatic rings. The lowest BCUT2D eigenvalue weighted by Crippen LogP contribution is -2.57. The molecule has 1 aromatic rings. The molecule has 0 N–H and O–H groups in total. The number of hydrogen-bond donors (Lipinski definition) is 0. The van der Waals surface area contributed by atoms with Crippen LogP contribution in [0.4, 0.5) is 5.95 Å². The molecular formula is C15H22N4O3. The molecule has 2 aliphatic heterocycles. The Balaban J connectivity index is 1.64. The largest absolute Gasteiger partial charge is 0.478 e. The van der Waals surface area contributed by atoms with Gasteiger partial charge in [0, 0.05) is 38.9 Å². The molecule has 0 bridgehead atoms. The number of carbonyl (C=O) groups is 1. The second-order valence-corrected chi connectivity index (χ2v) is 5.84. The van der Waals surface area contributed by atoms with Gasteiger partial charge in [-0.05, 0) is 19.8 Å². The minimum Gasteiger partial charge on any atom is -0.478 e. The molecule has 0 atom stereocenters. The third-order valence-corrected chi connectivity index (χ3v) is 4.32. The average Bonchev–Trinajstić information content (AvgIpc) is 2.53. The number of nitrogens with zero attached hydrogens (tertiary/aromatic N) is 4. The van der Waals surface area contributed by atoms with Gasteiger partial charge in [-0.25, -0.2) is 4.98 Å². The maximum Gasteiger partial charge on any atom is 0.248 e. The third kappa shape index (κ3) is 2.99. The van der Waals surface area contributed by atoms with Gasteiger partial charge in [-0.15, -0.1) is 0 Å². The Morgan fingerprint density at radius 1 is 1.41 bits per heavy atom. The minimum atomic E-state index is -0.212. The van der Waals surface area contributed by atoms with Crippen LogP contribution in [-0.2, 0) is 9.53 Å². The van der Waals surface area contributed by atoms with E-state index in [2.05, 4.69) is 14.9 Å². The zero-order valence-electron chi connectivity index (χ0n) is 13.1. The van der Waals surface area contributed by atoms with Gasteiger partial charge in [0.05, 0.1) is 12.2 Å². The Labute approximate surface area is 130 Å². The molecule has 7 nitrogen and oxygen atoms in total. The number of anilines is 1. The fourth-order valence-corrected chi connectivity index (χ4v) is 3.02. The topological polar surface area (TPSA) is 67.8 Å². The standard InChI is InChI=1S/C15H22N4O3/c1-3-21-12-4-7-16-14(17-12)19-8-5-15(6-9-19)11-18(2)13(20)10-22-15/h4,7H,3,5-6,8-11H2,1-2H3. The van der Waals surface area contributed by atoms with E-state index in [-0.39, 0.29) is 18.1 Å². The minimum absolute atomic E-state index is 0.0563. The predicted octanol–water partition coefficient (Wildman–Crippen LogP) is 0.703. The Hall–Kier alpha value is -1.89. The zero-order valence-corrected chi connectivity index (χ0v) is 13.1. The van der Waals surface area contributed by atoms with Crippen LogP contribution in [0.2, 0.25) is 0 Å². The summed E-state index contributed by atoms with van der Waals surface area (Å²) in [6.45, 7) is 5.01. The van der Waals surface area contributed by atoms with Gasteiger partial charge in [-0.3, -0.25) is 4.79 Å². The normalized spacial score (nSPS) is 21.3. The van der Waals surface area contributed by atoms with Gasteiger partial charge in [0.15, 0.2) is 0 Å². The first-order chi connectivity index (χ1) is 10.6. The molecule has 120 valence electrons. The summed E-state index contributed by atoms with van der Waals surface area (Å²) in [7, 11) is 1.84. The Morgan fingerprint density at radius 2 is 2.18 bits per heavy atom. The van der Waals surface area contributed by atoms with Crippen LogP contribution < -0.4 is 9.64 Å². The summed E-state index contributed by atoms with van der Waals surface area (Å²) < 4.78 is 11.3. The molecule has 1 amide bonds. The molecule has 3 rings (SSSR count). The molecule has 0 aliphatic carbocycles.